The fourth-order valence-electron chi connectivity index (χ4n) is 1.15. The third-order valence-electron chi connectivity index (χ3n) is 2.62. The Morgan fingerprint density at radius 3 is 2.76 bits per heavy atom. The molecule has 1 aromatic heterocycles. The van der Waals surface area contributed by atoms with Gasteiger partial charge in [0.1, 0.15) is 11.8 Å². The van der Waals surface area contributed by atoms with Gasteiger partial charge in [-0.2, -0.15) is 5.26 Å². The first-order valence-electron chi connectivity index (χ1n) is 5.29. The van der Waals surface area contributed by atoms with Gasteiger partial charge in [0.15, 0.2) is 0 Å². The monoisotopic (exact) mass is 251 g/mol. The van der Waals surface area contributed by atoms with Gasteiger partial charge in [0.25, 0.3) is 5.91 Å². The Kier molecular flexibility index (Phi) is 4.47. The lowest BCUT2D eigenvalue weighted by atomic mass is 10.0. The van der Waals surface area contributed by atoms with E-state index in [1.807, 2.05) is 19.9 Å². The van der Waals surface area contributed by atoms with Gasteiger partial charge in [-0.25, -0.2) is 4.98 Å². The van der Waals surface area contributed by atoms with Crippen LogP contribution >= 0.6 is 11.6 Å². The molecular formula is C12H14ClN3O. The van der Waals surface area contributed by atoms with Crippen LogP contribution in [0.3, 0.4) is 0 Å². The average Bonchev–Trinajstić information content (AvgIpc) is 2.38. The fourth-order valence-corrected chi connectivity index (χ4v) is 1.40. The van der Waals surface area contributed by atoms with Gasteiger partial charge in [-0.05, 0) is 25.5 Å². The number of carbonyl (C=O) groups is 1. The Balaban J connectivity index is 2.80. The predicted molar refractivity (Wildman–Crippen MR) is 65.8 cm³/mol. The van der Waals surface area contributed by atoms with Crippen molar-refractivity contribution < 1.29 is 4.79 Å². The minimum Gasteiger partial charge on any atom is -0.344 e. The van der Waals surface area contributed by atoms with Crippen molar-refractivity contribution in [3.63, 3.8) is 0 Å². The molecule has 90 valence electrons. The van der Waals surface area contributed by atoms with Crippen molar-refractivity contribution in [2.45, 2.75) is 25.8 Å². The predicted octanol–water partition coefficient (Wildman–Crippen LogP) is 2.09. The first kappa shape index (κ1) is 13.5. The third-order valence-corrected chi connectivity index (χ3v) is 3.21. The molecule has 5 heteroatoms. The van der Waals surface area contributed by atoms with Gasteiger partial charge < -0.3 is 5.32 Å². The van der Waals surface area contributed by atoms with Gasteiger partial charge in [0.2, 0.25) is 0 Å². The van der Waals surface area contributed by atoms with Crippen molar-refractivity contribution in [1.82, 2.24) is 10.3 Å². The van der Waals surface area contributed by atoms with Crippen LogP contribution in [0, 0.1) is 11.3 Å². The zero-order valence-corrected chi connectivity index (χ0v) is 10.6. The number of nitrogens with zero attached hydrogens (tertiary/aromatic N) is 2. The summed E-state index contributed by atoms with van der Waals surface area (Å²) in [5.41, 5.74) is 0.278. The molecular weight excluding hydrogens is 238 g/mol. The Hall–Kier alpha value is -1.60. The molecule has 0 aromatic carbocycles. The van der Waals surface area contributed by atoms with Crippen LogP contribution in [0.1, 0.15) is 36.3 Å². The van der Waals surface area contributed by atoms with Crippen molar-refractivity contribution in [1.29, 1.82) is 5.26 Å². The van der Waals surface area contributed by atoms with E-state index in [2.05, 4.69) is 10.3 Å². The van der Waals surface area contributed by atoms with Crippen LogP contribution in [-0.2, 0) is 0 Å². The summed E-state index contributed by atoms with van der Waals surface area (Å²) in [6, 6.07) is 5.04. The molecule has 0 spiro atoms. The van der Waals surface area contributed by atoms with Crippen LogP contribution in [0.2, 0.25) is 0 Å². The van der Waals surface area contributed by atoms with Crippen LogP contribution in [0.15, 0.2) is 18.3 Å². The van der Waals surface area contributed by atoms with Crippen molar-refractivity contribution >= 4 is 17.5 Å². The molecule has 17 heavy (non-hydrogen) atoms. The minimum atomic E-state index is -0.436. The van der Waals surface area contributed by atoms with E-state index in [-0.39, 0.29) is 11.6 Å². The normalized spacial score (nSPS) is 13.5. The van der Waals surface area contributed by atoms with Crippen LogP contribution in [0.25, 0.3) is 0 Å². The molecule has 0 saturated carbocycles. The lowest BCUT2D eigenvalue weighted by Crippen LogP contribution is -2.47. The van der Waals surface area contributed by atoms with Crippen LogP contribution in [0.5, 0.6) is 0 Å². The summed E-state index contributed by atoms with van der Waals surface area (Å²) < 4.78 is 0. The third kappa shape index (κ3) is 3.43. The summed E-state index contributed by atoms with van der Waals surface area (Å²) in [5.74, 6) is 0.0606. The summed E-state index contributed by atoms with van der Waals surface area (Å²) in [4.78, 5) is 15.8. The molecule has 1 atom stereocenters. The van der Waals surface area contributed by atoms with Gasteiger partial charge in [-0.3, -0.25) is 4.79 Å². The van der Waals surface area contributed by atoms with E-state index in [1.165, 1.54) is 12.3 Å². The highest BCUT2D eigenvalue weighted by Crippen LogP contribution is 2.12. The number of alkyl halides is 1. The Morgan fingerprint density at radius 1 is 1.65 bits per heavy atom. The first-order chi connectivity index (χ1) is 8.04. The van der Waals surface area contributed by atoms with E-state index >= 15 is 0 Å². The molecule has 1 heterocycles. The van der Waals surface area contributed by atoms with E-state index in [1.54, 1.807) is 6.07 Å². The summed E-state index contributed by atoms with van der Waals surface area (Å²) in [5, 5.41) is 11.5. The zero-order chi connectivity index (χ0) is 12.9. The molecule has 0 radical (unpaired) electrons. The van der Waals surface area contributed by atoms with Crippen molar-refractivity contribution in [3.8, 4) is 6.07 Å². The number of carbonyl (C=O) groups excluding carboxylic acids is 1. The van der Waals surface area contributed by atoms with Gasteiger partial charge in [0, 0.05) is 12.1 Å². The molecule has 4 nitrogen and oxygen atoms in total. The highest BCUT2D eigenvalue weighted by molar-refractivity contribution is 6.18. The lowest BCUT2D eigenvalue weighted by molar-refractivity contribution is 0.0907. The Bertz CT molecular complexity index is 432. The standard InChI is InChI=1S/C12H14ClN3O/c1-3-12(2,8-13)16-11(17)10-5-4-9(6-14)7-15-10/h4-5,7H,3,8H2,1-2H3,(H,16,17). The summed E-state index contributed by atoms with van der Waals surface area (Å²) in [6.07, 6.45) is 2.11. The van der Waals surface area contributed by atoms with Gasteiger partial charge in [-0.1, -0.05) is 6.92 Å². The van der Waals surface area contributed by atoms with E-state index in [4.69, 9.17) is 16.9 Å². The van der Waals surface area contributed by atoms with E-state index < -0.39 is 5.54 Å². The quantitative estimate of drug-likeness (QED) is 0.834. The second-order valence-electron chi connectivity index (χ2n) is 4.05. The van der Waals surface area contributed by atoms with E-state index in [0.717, 1.165) is 6.42 Å². The first-order valence-corrected chi connectivity index (χ1v) is 5.82. The largest absolute Gasteiger partial charge is 0.344 e. The molecule has 0 aliphatic heterocycles. The molecule has 1 N–H and O–H groups in total. The van der Waals surface area contributed by atoms with E-state index in [9.17, 15) is 4.79 Å². The van der Waals surface area contributed by atoms with Crippen molar-refractivity contribution in [2.24, 2.45) is 0 Å². The Labute approximate surface area is 106 Å². The number of aromatic nitrogens is 1. The molecule has 0 aliphatic rings. The lowest BCUT2D eigenvalue weighted by Gasteiger charge is -2.26. The number of amides is 1. The molecule has 1 amide bonds. The van der Waals surface area contributed by atoms with Crippen LogP contribution in [0.4, 0.5) is 0 Å². The number of pyridine rings is 1. The Morgan fingerprint density at radius 2 is 2.35 bits per heavy atom. The smallest absolute Gasteiger partial charge is 0.270 e. The molecule has 0 saturated heterocycles. The molecule has 0 fully saturated rings. The van der Waals surface area contributed by atoms with Gasteiger partial charge >= 0.3 is 0 Å². The zero-order valence-electron chi connectivity index (χ0n) is 9.83. The minimum absolute atomic E-state index is 0.278. The maximum Gasteiger partial charge on any atom is 0.270 e. The maximum atomic E-state index is 11.9. The van der Waals surface area contributed by atoms with E-state index in [0.29, 0.717) is 11.4 Å². The number of rotatable bonds is 4. The molecule has 1 unspecified atom stereocenters. The topological polar surface area (TPSA) is 65.8 Å². The number of nitrogens with one attached hydrogen (secondary N) is 1. The van der Waals surface area contributed by atoms with Crippen molar-refractivity contribution in [2.75, 3.05) is 5.88 Å². The number of halogens is 1. The summed E-state index contributed by atoms with van der Waals surface area (Å²) >= 11 is 5.81. The fraction of sp³-hybridized carbons (Fsp3) is 0.417. The molecule has 1 rings (SSSR count). The molecule has 0 bridgehead atoms. The summed E-state index contributed by atoms with van der Waals surface area (Å²) in [7, 11) is 0. The van der Waals surface area contributed by atoms with Gasteiger partial charge in [0.05, 0.1) is 11.1 Å². The highest BCUT2D eigenvalue weighted by atomic mass is 35.5. The second kappa shape index (κ2) is 5.65. The SMILES string of the molecule is CCC(C)(CCl)NC(=O)c1ccc(C#N)cn1. The highest BCUT2D eigenvalue weighted by Gasteiger charge is 2.24. The van der Waals surface area contributed by atoms with Crippen LogP contribution in [-0.4, -0.2) is 22.3 Å². The number of hydrogen-bond acceptors (Lipinski definition) is 3. The second-order valence-corrected chi connectivity index (χ2v) is 4.31. The summed E-state index contributed by atoms with van der Waals surface area (Å²) in [6.45, 7) is 3.83. The molecule has 0 aliphatic carbocycles. The maximum absolute atomic E-state index is 11.9. The van der Waals surface area contributed by atoms with Crippen molar-refractivity contribution in [3.05, 3.63) is 29.6 Å². The average molecular weight is 252 g/mol. The molecule has 1 aromatic rings. The van der Waals surface area contributed by atoms with Crippen LogP contribution < -0.4 is 5.32 Å². The van der Waals surface area contributed by atoms with Gasteiger partial charge in [-0.15, -0.1) is 11.6 Å². The number of hydrogen-bond donors (Lipinski definition) is 1. The number of nitriles is 1.